The molecule has 0 atom stereocenters. The quantitative estimate of drug-likeness (QED) is 0.510. The van der Waals surface area contributed by atoms with E-state index in [0.717, 1.165) is 55.3 Å². The molecular formula is C20H23N4OS. The molecule has 0 aliphatic rings. The summed E-state index contributed by atoms with van der Waals surface area (Å²) in [7, 11) is 0. The van der Waals surface area contributed by atoms with Crippen molar-refractivity contribution in [3.8, 4) is 5.75 Å². The zero-order chi connectivity index (χ0) is 18.0. The first-order valence-electron chi connectivity index (χ1n) is 8.89. The summed E-state index contributed by atoms with van der Waals surface area (Å²) in [5, 5.41) is 2.04. The van der Waals surface area contributed by atoms with Gasteiger partial charge in [-0.05, 0) is 30.5 Å². The van der Waals surface area contributed by atoms with E-state index in [4.69, 9.17) is 4.74 Å². The van der Waals surface area contributed by atoms with Gasteiger partial charge in [0.05, 0.1) is 12.3 Å². The molecule has 1 radical (unpaired) electrons. The van der Waals surface area contributed by atoms with Crippen LogP contribution in [0.3, 0.4) is 0 Å². The highest BCUT2D eigenvalue weighted by Gasteiger charge is 2.10. The standard InChI is InChI=1S/C20H23N4OS/c1-2-17-13-21-20(22-14-17)24(11-9-18-15-26-16-23-18)10-6-12-25-19-7-4-3-5-8-19/h3-5,7-8,13-15H,2,6,9-12H2,1H3. The van der Waals surface area contributed by atoms with Crippen molar-refractivity contribution >= 4 is 17.3 Å². The maximum absolute atomic E-state index is 5.80. The van der Waals surface area contributed by atoms with Crippen LogP contribution in [0.25, 0.3) is 0 Å². The summed E-state index contributed by atoms with van der Waals surface area (Å²) < 4.78 is 5.80. The van der Waals surface area contributed by atoms with E-state index >= 15 is 0 Å². The SMILES string of the molecule is CCc1cnc(N(CCCOc2ccccc2)CCc2cs[c]n2)nc1. The van der Waals surface area contributed by atoms with Gasteiger partial charge in [-0.25, -0.2) is 15.0 Å². The highest BCUT2D eigenvalue weighted by molar-refractivity contribution is 7.07. The highest BCUT2D eigenvalue weighted by Crippen LogP contribution is 2.12. The number of hydrogen-bond donors (Lipinski definition) is 0. The van der Waals surface area contributed by atoms with E-state index < -0.39 is 0 Å². The van der Waals surface area contributed by atoms with Gasteiger partial charge in [0.15, 0.2) is 5.51 Å². The number of hydrogen-bond acceptors (Lipinski definition) is 6. The van der Waals surface area contributed by atoms with Crippen LogP contribution in [0.5, 0.6) is 5.75 Å². The lowest BCUT2D eigenvalue weighted by Crippen LogP contribution is -2.30. The summed E-state index contributed by atoms with van der Waals surface area (Å²) in [4.78, 5) is 15.5. The first kappa shape index (κ1) is 18.3. The second-order valence-corrected chi connectivity index (χ2v) is 6.58. The van der Waals surface area contributed by atoms with Crippen molar-refractivity contribution in [3.63, 3.8) is 0 Å². The Hall–Kier alpha value is -2.47. The molecule has 0 aliphatic heterocycles. The molecule has 0 saturated carbocycles. The Balaban J connectivity index is 1.56. The molecule has 135 valence electrons. The third-order valence-electron chi connectivity index (χ3n) is 4.04. The normalized spacial score (nSPS) is 10.7. The molecule has 2 heterocycles. The Labute approximate surface area is 158 Å². The fourth-order valence-corrected chi connectivity index (χ4v) is 3.07. The molecule has 0 saturated heterocycles. The predicted molar refractivity (Wildman–Crippen MR) is 105 cm³/mol. The minimum atomic E-state index is 0.665. The first-order chi connectivity index (χ1) is 12.8. The number of benzene rings is 1. The monoisotopic (exact) mass is 367 g/mol. The lowest BCUT2D eigenvalue weighted by atomic mass is 10.3. The molecule has 0 aliphatic carbocycles. The van der Waals surface area contributed by atoms with Crippen molar-refractivity contribution in [2.45, 2.75) is 26.2 Å². The molecule has 3 aromatic rings. The molecule has 26 heavy (non-hydrogen) atoms. The van der Waals surface area contributed by atoms with Gasteiger partial charge in [0, 0.05) is 37.3 Å². The molecule has 0 N–H and O–H groups in total. The summed E-state index contributed by atoms with van der Waals surface area (Å²) in [5.41, 5.74) is 5.11. The van der Waals surface area contributed by atoms with Crippen molar-refractivity contribution in [3.05, 3.63) is 64.9 Å². The minimum Gasteiger partial charge on any atom is -0.494 e. The van der Waals surface area contributed by atoms with Crippen LogP contribution >= 0.6 is 11.3 Å². The maximum Gasteiger partial charge on any atom is 0.225 e. The van der Waals surface area contributed by atoms with E-state index in [9.17, 15) is 0 Å². The van der Waals surface area contributed by atoms with Crippen molar-refractivity contribution < 1.29 is 4.74 Å². The predicted octanol–water partition coefficient (Wildman–Crippen LogP) is 3.81. The van der Waals surface area contributed by atoms with Crippen LogP contribution in [0, 0.1) is 5.51 Å². The summed E-state index contributed by atoms with van der Waals surface area (Å²) in [6.45, 7) is 4.44. The van der Waals surface area contributed by atoms with Gasteiger partial charge < -0.3 is 9.64 Å². The molecule has 0 amide bonds. The molecule has 0 fully saturated rings. The van der Waals surface area contributed by atoms with Gasteiger partial charge in [0.1, 0.15) is 5.75 Å². The summed E-state index contributed by atoms with van der Waals surface area (Å²) in [6, 6.07) is 9.90. The Morgan fingerprint density at radius 1 is 1.12 bits per heavy atom. The lowest BCUT2D eigenvalue weighted by Gasteiger charge is -2.22. The van der Waals surface area contributed by atoms with Crippen molar-refractivity contribution in [2.24, 2.45) is 0 Å². The van der Waals surface area contributed by atoms with E-state index in [1.807, 2.05) is 48.1 Å². The van der Waals surface area contributed by atoms with Crippen LogP contribution in [0.15, 0.2) is 48.1 Å². The molecule has 0 bridgehead atoms. The zero-order valence-corrected chi connectivity index (χ0v) is 15.8. The summed E-state index contributed by atoms with van der Waals surface area (Å²) in [6.07, 6.45) is 6.52. The molecule has 3 rings (SSSR count). The van der Waals surface area contributed by atoms with E-state index in [0.29, 0.717) is 6.61 Å². The molecule has 0 spiro atoms. The van der Waals surface area contributed by atoms with E-state index in [-0.39, 0.29) is 0 Å². The van der Waals surface area contributed by atoms with Gasteiger partial charge in [-0.3, -0.25) is 0 Å². The molecule has 6 heteroatoms. The van der Waals surface area contributed by atoms with Crippen LogP contribution in [-0.4, -0.2) is 34.6 Å². The first-order valence-corrected chi connectivity index (χ1v) is 9.77. The van der Waals surface area contributed by atoms with Gasteiger partial charge >= 0.3 is 0 Å². The van der Waals surface area contributed by atoms with Crippen LogP contribution in [-0.2, 0) is 12.8 Å². The van der Waals surface area contributed by atoms with Crippen molar-refractivity contribution in [1.29, 1.82) is 0 Å². The van der Waals surface area contributed by atoms with E-state index in [2.05, 4.69) is 32.3 Å². The molecule has 5 nitrogen and oxygen atoms in total. The Bertz CT molecular complexity index is 747. The lowest BCUT2D eigenvalue weighted by molar-refractivity contribution is 0.311. The van der Waals surface area contributed by atoms with Crippen LogP contribution < -0.4 is 9.64 Å². The summed E-state index contributed by atoms with van der Waals surface area (Å²) >= 11 is 1.51. The number of thiazole rings is 1. The average molecular weight is 367 g/mol. The Morgan fingerprint density at radius 2 is 1.92 bits per heavy atom. The second kappa shape index (κ2) is 9.87. The highest BCUT2D eigenvalue weighted by atomic mass is 32.1. The molecule has 0 unspecified atom stereocenters. The fraction of sp³-hybridized carbons (Fsp3) is 0.350. The number of ether oxygens (including phenoxy) is 1. The maximum atomic E-state index is 5.80. The zero-order valence-electron chi connectivity index (χ0n) is 15.0. The molecule has 2 aromatic heterocycles. The fourth-order valence-electron chi connectivity index (χ4n) is 2.54. The largest absolute Gasteiger partial charge is 0.494 e. The van der Waals surface area contributed by atoms with Crippen LogP contribution in [0.4, 0.5) is 5.95 Å². The molecule has 1 aromatic carbocycles. The number of para-hydroxylation sites is 1. The number of rotatable bonds is 10. The van der Waals surface area contributed by atoms with Crippen molar-refractivity contribution in [2.75, 3.05) is 24.6 Å². The average Bonchev–Trinajstić information content (AvgIpc) is 3.22. The second-order valence-electron chi connectivity index (χ2n) is 5.93. The topological polar surface area (TPSA) is 51.1 Å². The Kier molecular flexibility index (Phi) is 6.96. The van der Waals surface area contributed by atoms with Gasteiger partial charge in [0.25, 0.3) is 0 Å². The number of aromatic nitrogens is 3. The van der Waals surface area contributed by atoms with Gasteiger partial charge in [-0.1, -0.05) is 25.1 Å². The van der Waals surface area contributed by atoms with Crippen LogP contribution in [0.1, 0.15) is 24.6 Å². The number of aryl methyl sites for hydroxylation is 1. The smallest absolute Gasteiger partial charge is 0.225 e. The Morgan fingerprint density at radius 3 is 2.62 bits per heavy atom. The third kappa shape index (κ3) is 5.52. The molecular weight excluding hydrogens is 344 g/mol. The van der Waals surface area contributed by atoms with Gasteiger partial charge in [0.2, 0.25) is 5.95 Å². The van der Waals surface area contributed by atoms with E-state index in [1.54, 1.807) is 0 Å². The van der Waals surface area contributed by atoms with Crippen molar-refractivity contribution in [1.82, 2.24) is 15.0 Å². The van der Waals surface area contributed by atoms with Gasteiger partial charge in [-0.15, -0.1) is 11.3 Å². The third-order valence-corrected chi connectivity index (χ3v) is 4.63. The van der Waals surface area contributed by atoms with Crippen LogP contribution in [0.2, 0.25) is 0 Å². The number of anilines is 1. The summed E-state index contributed by atoms with van der Waals surface area (Å²) in [5.74, 6) is 1.67. The number of nitrogens with zero attached hydrogens (tertiary/aromatic N) is 4. The minimum absolute atomic E-state index is 0.665. The van der Waals surface area contributed by atoms with Gasteiger partial charge in [-0.2, -0.15) is 0 Å². The van der Waals surface area contributed by atoms with E-state index in [1.165, 1.54) is 11.3 Å².